The normalized spacial score (nSPS) is 12.4. The van der Waals surface area contributed by atoms with Gasteiger partial charge in [-0.15, -0.1) is 0 Å². The highest BCUT2D eigenvalue weighted by molar-refractivity contribution is 5.92. The highest BCUT2D eigenvalue weighted by atomic mass is 16.3. The summed E-state index contributed by atoms with van der Waals surface area (Å²) in [5, 5.41) is 27.4. The molecule has 0 aliphatic heterocycles. The smallest absolute Gasteiger partial charge is 0.243 e. The van der Waals surface area contributed by atoms with Gasteiger partial charge in [0.15, 0.2) is 5.96 Å². The van der Waals surface area contributed by atoms with Gasteiger partial charge in [0.25, 0.3) is 0 Å². The van der Waals surface area contributed by atoms with Crippen molar-refractivity contribution in [3.63, 3.8) is 0 Å². The number of guanidine groups is 1. The molecule has 46 heavy (non-hydrogen) atoms. The van der Waals surface area contributed by atoms with Gasteiger partial charge in [0, 0.05) is 31.3 Å². The van der Waals surface area contributed by atoms with E-state index in [1.807, 2.05) is 7.05 Å². The Morgan fingerprint density at radius 3 is 1.96 bits per heavy atom. The van der Waals surface area contributed by atoms with E-state index in [-0.39, 0.29) is 41.8 Å². The van der Waals surface area contributed by atoms with E-state index < -0.39 is 29.8 Å². The second-order valence-corrected chi connectivity index (χ2v) is 11.4. The topological polar surface area (TPSA) is 268 Å². The lowest BCUT2D eigenvalue weighted by atomic mass is 10.1. The van der Waals surface area contributed by atoms with Crippen molar-refractivity contribution in [3.8, 4) is 11.5 Å². The number of amides is 4. The van der Waals surface area contributed by atoms with Crippen LogP contribution in [-0.4, -0.2) is 122 Å². The van der Waals surface area contributed by atoms with Crippen LogP contribution in [0.1, 0.15) is 50.5 Å². The first-order valence-electron chi connectivity index (χ1n) is 15.6. The van der Waals surface area contributed by atoms with Crippen molar-refractivity contribution in [1.29, 1.82) is 0 Å². The number of rotatable bonds is 24. The average Bonchev–Trinajstić information content (AvgIpc) is 2.98. The van der Waals surface area contributed by atoms with Crippen LogP contribution in [0.15, 0.2) is 23.2 Å². The molecule has 0 aromatic heterocycles. The molecule has 0 saturated carbocycles. The molecule has 0 aliphatic carbocycles. The molecule has 16 heteroatoms. The second kappa shape index (κ2) is 22.4. The summed E-state index contributed by atoms with van der Waals surface area (Å²) in [7, 11) is 4.06. The van der Waals surface area contributed by atoms with Crippen molar-refractivity contribution >= 4 is 29.6 Å². The summed E-state index contributed by atoms with van der Waals surface area (Å²) in [6, 6.07) is 2.12. The molecule has 2 atom stereocenters. The lowest BCUT2D eigenvalue weighted by Crippen LogP contribution is -2.49. The summed E-state index contributed by atoms with van der Waals surface area (Å²) in [4.78, 5) is 56.9. The van der Waals surface area contributed by atoms with Crippen LogP contribution in [0.4, 0.5) is 0 Å². The van der Waals surface area contributed by atoms with Crippen LogP contribution in [0.2, 0.25) is 0 Å². The summed E-state index contributed by atoms with van der Waals surface area (Å²) < 4.78 is 0. The van der Waals surface area contributed by atoms with Gasteiger partial charge in [-0.25, -0.2) is 0 Å². The Balaban J connectivity index is 2.20. The molecular weight excluding hydrogens is 596 g/mol. The number of nitrogens with zero attached hydrogens (tertiary/aromatic N) is 3. The van der Waals surface area contributed by atoms with E-state index in [0.717, 1.165) is 51.5 Å². The van der Waals surface area contributed by atoms with Crippen molar-refractivity contribution in [2.24, 2.45) is 27.9 Å². The third-order valence-corrected chi connectivity index (χ3v) is 7.14. The first-order chi connectivity index (χ1) is 21.8. The van der Waals surface area contributed by atoms with E-state index in [9.17, 15) is 29.4 Å². The van der Waals surface area contributed by atoms with Crippen LogP contribution < -0.4 is 38.9 Å². The molecule has 1 rings (SSSR count). The predicted octanol–water partition coefficient (Wildman–Crippen LogP) is -1.96. The molecule has 0 bridgehead atoms. The molecule has 0 spiro atoms. The number of hydrogen-bond acceptors (Lipinski definition) is 10. The van der Waals surface area contributed by atoms with Gasteiger partial charge in [-0.1, -0.05) is 6.07 Å². The van der Waals surface area contributed by atoms with Gasteiger partial charge in [-0.05, 0) is 84.9 Å². The number of nitrogens with two attached hydrogens (primary N) is 4. The molecular formula is C30H54N10O6. The summed E-state index contributed by atoms with van der Waals surface area (Å²) in [5.41, 5.74) is 22.0. The molecule has 260 valence electrons. The number of phenols is 2. The van der Waals surface area contributed by atoms with Crippen molar-refractivity contribution in [1.82, 2.24) is 25.8 Å². The van der Waals surface area contributed by atoms with Crippen molar-refractivity contribution in [2.45, 2.75) is 63.5 Å². The minimum absolute atomic E-state index is 0.0284. The summed E-state index contributed by atoms with van der Waals surface area (Å²) >= 11 is 0. The molecule has 0 fully saturated rings. The number of benzene rings is 1. The maximum atomic E-state index is 12.7. The fourth-order valence-electron chi connectivity index (χ4n) is 4.54. The largest absolute Gasteiger partial charge is 0.508 e. The zero-order chi connectivity index (χ0) is 34.5. The minimum Gasteiger partial charge on any atom is -0.508 e. The molecule has 0 aliphatic rings. The number of phenolic OH excluding ortho intramolecular Hbond substituents is 2. The van der Waals surface area contributed by atoms with E-state index in [1.54, 1.807) is 0 Å². The maximum Gasteiger partial charge on any atom is 0.243 e. The van der Waals surface area contributed by atoms with Gasteiger partial charge in [0.1, 0.15) is 17.5 Å². The van der Waals surface area contributed by atoms with Gasteiger partial charge in [0.2, 0.25) is 23.6 Å². The van der Waals surface area contributed by atoms with Crippen LogP contribution in [-0.2, 0) is 25.6 Å². The van der Waals surface area contributed by atoms with Crippen molar-refractivity contribution < 1.29 is 29.4 Å². The first-order valence-corrected chi connectivity index (χ1v) is 15.6. The van der Waals surface area contributed by atoms with E-state index in [2.05, 4.69) is 37.8 Å². The SMILES string of the molecule is CN(CCCCN(C)CCCNC(=O)[C@@H](N)CCCN=C(N)N)CCCNC(=O)[C@H](CC(N)=O)NC(=O)Cc1ccc(O)cc1O. The number of unbranched alkanes of at least 4 members (excludes halogenated alkanes) is 1. The fourth-order valence-corrected chi connectivity index (χ4v) is 4.54. The van der Waals surface area contributed by atoms with Crippen molar-refractivity contribution in [2.75, 3.05) is 59.9 Å². The molecule has 16 nitrogen and oxygen atoms in total. The highest BCUT2D eigenvalue weighted by Gasteiger charge is 2.23. The zero-order valence-electron chi connectivity index (χ0n) is 27.2. The lowest BCUT2D eigenvalue weighted by Gasteiger charge is -2.20. The number of aliphatic imine (C=N–C) groups is 1. The summed E-state index contributed by atoms with van der Waals surface area (Å²) in [5.74, 6) is -2.37. The standard InChI is InChI=1S/C30H54N10O6/c1-39(16-6-12-35-28(45)23(31)8-5-11-37-30(33)34)14-3-4-15-40(2)17-7-13-36-29(46)24(20-26(32)43)38-27(44)18-21-9-10-22(41)19-25(21)42/h9-10,19,23-24,41-42H,3-8,11-18,20,31H2,1-2H3,(H2,32,43)(H,35,45)(H,36,46)(H,38,44)(H4,33,34,37)/t23-,24-/m0/s1. The van der Waals surface area contributed by atoms with Crippen LogP contribution in [0.25, 0.3) is 0 Å². The number of primary amides is 1. The molecule has 0 saturated heterocycles. The van der Waals surface area contributed by atoms with Gasteiger partial charge in [0.05, 0.1) is 18.9 Å². The van der Waals surface area contributed by atoms with Crippen LogP contribution in [0, 0.1) is 0 Å². The highest BCUT2D eigenvalue weighted by Crippen LogP contribution is 2.22. The Labute approximate surface area is 271 Å². The van der Waals surface area contributed by atoms with Crippen LogP contribution in [0.5, 0.6) is 11.5 Å². The molecule has 1 aromatic rings. The molecule has 4 amide bonds. The number of hydrogen-bond donors (Lipinski definition) is 9. The van der Waals surface area contributed by atoms with Gasteiger partial charge >= 0.3 is 0 Å². The molecule has 0 heterocycles. The Morgan fingerprint density at radius 2 is 1.41 bits per heavy atom. The van der Waals surface area contributed by atoms with Crippen molar-refractivity contribution in [3.05, 3.63) is 23.8 Å². The Kier molecular flexibility index (Phi) is 19.4. The average molecular weight is 651 g/mol. The number of carbonyl (C=O) groups excluding carboxylic acids is 4. The lowest BCUT2D eigenvalue weighted by molar-refractivity contribution is -0.131. The molecule has 1 aromatic carbocycles. The molecule has 0 radical (unpaired) electrons. The minimum atomic E-state index is -1.14. The molecule has 13 N–H and O–H groups in total. The Morgan fingerprint density at radius 1 is 0.848 bits per heavy atom. The third-order valence-electron chi connectivity index (χ3n) is 7.14. The van der Waals surface area contributed by atoms with Gasteiger partial charge in [-0.2, -0.15) is 0 Å². The number of nitrogens with one attached hydrogen (secondary N) is 3. The van der Waals surface area contributed by atoms with E-state index >= 15 is 0 Å². The zero-order valence-corrected chi connectivity index (χ0v) is 27.2. The van der Waals surface area contributed by atoms with E-state index in [1.165, 1.54) is 12.1 Å². The number of carbonyl (C=O) groups is 4. The van der Waals surface area contributed by atoms with Crippen LogP contribution >= 0.6 is 0 Å². The van der Waals surface area contributed by atoms with Crippen LogP contribution in [0.3, 0.4) is 0 Å². The Hall–Kier alpha value is -4.15. The summed E-state index contributed by atoms with van der Waals surface area (Å²) in [6.45, 7) is 4.79. The third kappa shape index (κ3) is 18.6. The molecule has 0 unspecified atom stereocenters. The van der Waals surface area contributed by atoms with E-state index in [0.29, 0.717) is 38.9 Å². The second-order valence-electron chi connectivity index (χ2n) is 11.4. The van der Waals surface area contributed by atoms with Gasteiger partial charge in [-0.3, -0.25) is 24.2 Å². The summed E-state index contributed by atoms with van der Waals surface area (Å²) in [6.07, 6.45) is 4.06. The monoisotopic (exact) mass is 650 g/mol. The maximum absolute atomic E-state index is 12.7. The van der Waals surface area contributed by atoms with E-state index in [4.69, 9.17) is 22.9 Å². The first kappa shape index (κ1) is 39.9. The Bertz CT molecular complexity index is 1130. The van der Waals surface area contributed by atoms with Gasteiger partial charge < -0.3 is 58.9 Å². The fraction of sp³-hybridized carbons (Fsp3) is 0.633. The number of aromatic hydroxyl groups is 2. The quantitative estimate of drug-likeness (QED) is 0.0337. The predicted molar refractivity (Wildman–Crippen MR) is 177 cm³/mol.